The Labute approximate surface area is 157 Å². The number of nitrogens with zero attached hydrogens (tertiary/aromatic N) is 2. The largest absolute Gasteiger partial charge is 0.337 e. The first-order valence-electron chi connectivity index (χ1n) is 8.63. The fourth-order valence-electron chi connectivity index (χ4n) is 2.54. The van der Waals surface area contributed by atoms with Crippen molar-refractivity contribution in [3.8, 4) is 5.69 Å². The molecular formula is C20H22N4OS. The molecule has 5 nitrogen and oxygen atoms in total. The van der Waals surface area contributed by atoms with E-state index < -0.39 is 0 Å². The van der Waals surface area contributed by atoms with Crippen molar-refractivity contribution in [2.75, 3.05) is 17.6 Å². The summed E-state index contributed by atoms with van der Waals surface area (Å²) in [5.41, 5.74) is 2.80. The first-order valence-corrected chi connectivity index (χ1v) is 9.61. The lowest BCUT2D eigenvalue weighted by molar-refractivity contribution is 0.252. The van der Waals surface area contributed by atoms with Gasteiger partial charge in [-0.15, -0.1) is 11.8 Å². The molecule has 2 N–H and O–H groups in total. The number of hydrogen-bond acceptors (Lipinski definition) is 3. The van der Waals surface area contributed by atoms with Crippen molar-refractivity contribution in [3.63, 3.8) is 0 Å². The van der Waals surface area contributed by atoms with Gasteiger partial charge in [0.25, 0.3) is 0 Å². The number of anilines is 1. The van der Waals surface area contributed by atoms with Gasteiger partial charge >= 0.3 is 6.03 Å². The van der Waals surface area contributed by atoms with Gasteiger partial charge in [-0.1, -0.05) is 37.3 Å². The van der Waals surface area contributed by atoms with Crippen LogP contribution in [0.25, 0.3) is 5.69 Å². The van der Waals surface area contributed by atoms with Crippen LogP contribution in [-0.4, -0.2) is 28.1 Å². The maximum Gasteiger partial charge on any atom is 0.319 e. The Morgan fingerprint density at radius 2 is 1.85 bits per heavy atom. The molecule has 26 heavy (non-hydrogen) atoms. The Kier molecular flexibility index (Phi) is 6.33. The average Bonchev–Trinajstić information content (AvgIpc) is 3.13. The van der Waals surface area contributed by atoms with Crippen LogP contribution in [0.4, 0.5) is 10.5 Å². The quantitative estimate of drug-likeness (QED) is 0.611. The summed E-state index contributed by atoms with van der Waals surface area (Å²) in [6.07, 6.45) is 2.61. The maximum absolute atomic E-state index is 12.1. The molecule has 1 heterocycles. The van der Waals surface area contributed by atoms with Crippen LogP contribution < -0.4 is 10.6 Å². The van der Waals surface area contributed by atoms with Gasteiger partial charge in [0.2, 0.25) is 0 Å². The molecule has 3 aromatic rings. The summed E-state index contributed by atoms with van der Waals surface area (Å²) in [6, 6.07) is 19.6. The molecule has 0 radical (unpaired) electrons. The molecule has 0 atom stereocenters. The van der Waals surface area contributed by atoms with Gasteiger partial charge < -0.3 is 10.6 Å². The van der Waals surface area contributed by atoms with Crippen LogP contribution in [0.1, 0.15) is 12.6 Å². The molecule has 1 aromatic heterocycles. The normalized spacial score (nSPS) is 10.5. The van der Waals surface area contributed by atoms with Crippen LogP contribution in [0.3, 0.4) is 0 Å². The Morgan fingerprint density at radius 3 is 2.65 bits per heavy atom. The summed E-state index contributed by atoms with van der Waals surface area (Å²) < 4.78 is 1.84. The number of aromatic nitrogens is 2. The predicted octanol–water partition coefficient (Wildman–Crippen LogP) is 4.35. The Hall–Kier alpha value is -2.73. The van der Waals surface area contributed by atoms with E-state index in [2.05, 4.69) is 22.7 Å². The van der Waals surface area contributed by atoms with Crippen LogP contribution in [0.5, 0.6) is 0 Å². The SMILES string of the molecule is CCSc1ccccc1NC(=O)NCCc1ccn(-c2ccccc2)n1. The van der Waals surface area contributed by atoms with Crippen LogP contribution in [0, 0.1) is 0 Å². The molecule has 0 fully saturated rings. The number of carbonyl (C=O) groups is 1. The molecule has 0 saturated heterocycles. The second-order valence-corrected chi connectivity index (χ2v) is 6.95. The van der Waals surface area contributed by atoms with Crippen molar-refractivity contribution in [2.45, 2.75) is 18.2 Å². The van der Waals surface area contributed by atoms with Gasteiger partial charge in [0.15, 0.2) is 0 Å². The molecule has 0 aliphatic carbocycles. The first kappa shape index (κ1) is 18.1. The number of para-hydroxylation sites is 2. The third-order valence-corrected chi connectivity index (χ3v) is 4.72. The van der Waals surface area contributed by atoms with E-state index in [4.69, 9.17) is 0 Å². The van der Waals surface area contributed by atoms with Crippen LogP contribution >= 0.6 is 11.8 Å². The minimum Gasteiger partial charge on any atom is -0.337 e. The van der Waals surface area contributed by atoms with Crippen LogP contribution in [0.15, 0.2) is 71.8 Å². The number of benzene rings is 2. The molecule has 0 aliphatic heterocycles. The highest BCUT2D eigenvalue weighted by molar-refractivity contribution is 7.99. The van der Waals surface area contributed by atoms with Crippen molar-refractivity contribution < 1.29 is 4.79 Å². The highest BCUT2D eigenvalue weighted by atomic mass is 32.2. The number of thioether (sulfide) groups is 1. The predicted molar refractivity (Wildman–Crippen MR) is 107 cm³/mol. The van der Waals surface area contributed by atoms with Crippen molar-refractivity contribution in [2.24, 2.45) is 0 Å². The minimum absolute atomic E-state index is 0.198. The third-order valence-electron chi connectivity index (χ3n) is 3.77. The third kappa shape index (κ3) is 4.89. The summed E-state index contributed by atoms with van der Waals surface area (Å²) in [5, 5.41) is 10.3. The fraction of sp³-hybridized carbons (Fsp3) is 0.200. The minimum atomic E-state index is -0.198. The smallest absolute Gasteiger partial charge is 0.319 e. The van der Waals surface area contributed by atoms with E-state index >= 15 is 0 Å². The summed E-state index contributed by atoms with van der Waals surface area (Å²) in [6.45, 7) is 2.62. The summed E-state index contributed by atoms with van der Waals surface area (Å²) in [4.78, 5) is 13.2. The van der Waals surface area contributed by atoms with Crippen LogP contribution in [-0.2, 0) is 6.42 Å². The molecule has 134 valence electrons. The first-order chi connectivity index (χ1) is 12.8. The molecule has 0 aliphatic rings. The number of hydrogen-bond donors (Lipinski definition) is 2. The monoisotopic (exact) mass is 366 g/mol. The maximum atomic E-state index is 12.1. The molecule has 2 amide bonds. The van der Waals surface area contributed by atoms with Crippen molar-refractivity contribution in [3.05, 3.63) is 72.6 Å². The highest BCUT2D eigenvalue weighted by Crippen LogP contribution is 2.26. The highest BCUT2D eigenvalue weighted by Gasteiger charge is 2.07. The van der Waals surface area contributed by atoms with Crippen molar-refractivity contribution in [1.82, 2.24) is 15.1 Å². The molecule has 6 heteroatoms. The van der Waals surface area contributed by atoms with E-state index in [1.54, 1.807) is 11.8 Å². The molecule has 0 unspecified atom stereocenters. The van der Waals surface area contributed by atoms with E-state index in [9.17, 15) is 4.79 Å². The number of amides is 2. The zero-order chi connectivity index (χ0) is 18.2. The van der Waals surface area contributed by atoms with Crippen molar-refractivity contribution in [1.29, 1.82) is 0 Å². The number of urea groups is 1. The molecule has 0 bridgehead atoms. The molecule has 3 rings (SSSR count). The fourth-order valence-corrected chi connectivity index (χ4v) is 3.30. The lowest BCUT2D eigenvalue weighted by Gasteiger charge is -2.10. The zero-order valence-corrected chi connectivity index (χ0v) is 15.5. The van der Waals surface area contributed by atoms with Gasteiger partial charge in [-0.2, -0.15) is 5.10 Å². The Balaban J connectivity index is 1.49. The summed E-state index contributed by atoms with van der Waals surface area (Å²) in [5.74, 6) is 0.963. The Morgan fingerprint density at radius 1 is 1.08 bits per heavy atom. The number of rotatable bonds is 7. The van der Waals surface area contributed by atoms with Gasteiger partial charge in [0, 0.05) is 24.1 Å². The second kappa shape index (κ2) is 9.10. The van der Waals surface area contributed by atoms with Crippen molar-refractivity contribution >= 4 is 23.5 Å². The lowest BCUT2D eigenvalue weighted by Crippen LogP contribution is -2.30. The van der Waals surface area contributed by atoms with Crippen LogP contribution in [0.2, 0.25) is 0 Å². The standard InChI is InChI=1S/C20H22N4OS/c1-2-26-19-11-7-6-10-18(19)22-20(25)21-14-12-16-13-15-24(23-16)17-8-4-3-5-9-17/h3-11,13,15H,2,12,14H2,1H3,(H2,21,22,25). The number of carbonyl (C=O) groups excluding carboxylic acids is 1. The van der Waals surface area contributed by atoms with E-state index in [0.29, 0.717) is 13.0 Å². The van der Waals surface area contributed by atoms with E-state index in [1.807, 2.05) is 71.5 Å². The topological polar surface area (TPSA) is 59.0 Å². The van der Waals surface area contributed by atoms with Gasteiger partial charge in [0.05, 0.1) is 17.1 Å². The van der Waals surface area contributed by atoms with E-state index in [-0.39, 0.29) is 6.03 Å². The van der Waals surface area contributed by atoms with Gasteiger partial charge in [-0.3, -0.25) is 0 Å². The molecule has 2 aromatic carbocycles. The van der Waals surface area contributed by atoms with E-state index in [1.165, 1.54) is 0 Å². The average molecular weight is 366 g/mol. The molecule has 0 saturated carbocycles. The summed E-state index contributed by atoms with van der Waals surface area (Å²) in [7, 11) is 0. The molecule has 0 spiro atoms. The number of nitrogens with one attached hydrogen (secondary N) is 2. The molecular weight excluding hydrogens is 344 g/mol. The zero-order valence-electron chi connectivity index (χ0n) is 14.7. The summed E-state index contributed by atoms with van der Waals surface area (Å²) >= 11 is 1.71. The van der Waals surface area contributed by atoms with E-state index in [0.717, 1.165) is 27.7 Å². The van der Waals surface area contributed by atoms with Gasteiger partial charge in [-0.05, 0) is 36.1 Å². The van der Waals surface area contributed by atoms with Gasteiger partial charge in [0.1, 0.15) is 0 Å². The Bertz CT molecular complexity index is 848. The second-order valence-electron chi connectivity index (χ2n) is 5.65. The van der Waals surface area contributed by atoms with Gasteiger partial charge in [-0.25, -0.2) is 9.48 Å². The lowest BCUT2D eigenvalue weighted by atomic mass is 10.3.